The molecule has 3 nitrogen and oxygen atoms in total. The Kier molecular flexibility index (Phi) is 6.13. The molecule has 1 aliphatic rings. The van der Waals surface area contributed by atoms with E-state index in [1.54, 1.807) is 0 Å². The van der Waals surface area contributed by atoms with E-state index in [9.17, 15) is 15.0 Å². The Labute approximate surface area is 111 Å². The van der Waals surface area contributed by atoms with Gasteiger partial charge in [-0.3, -0.25) is 4.79 Å². The highest BCUT2D eigenvalue weighted by Crippen LogP contribution is 2.44. The molecular formula is C15H28O3. The molecule has 0 aromatic carbocycles. The molecule has 0 aromatic rings. The van der Waals surface area contributed by atoms with Crippen molar-refractivity contribution in [1.29, 1.82) is 0 Å². The van der Waals surface area contributed by atoms with E-state index in [2.05, 4.69) is 6.92 Å². The van der Waals surface area contributed by atoms with Crippen LogP contribution >= 0.6 is 0 Å². The number of carbonyl (C=O) groups is 1. The van der Waals surface area contributed by atoms with E-state index in [1.807, 2.05) is 6.92 Å². The first-order valence-electron chi connectivity index (χ1n) is 7.50. The third kappa shape index (κ3) is 3.25. The molecule has 0 aromatic heterocycles. The predicted octanol–water partition coefficient (Wildman–Crippen LogP) is 3.60. The zero-order chi connectivity index (χ0) is 13.6. The van der Waals surface area contributed by atoms with E-state index in [0.29, 0.717) is 12.8 Å². The summed E-state index contributed by atoms with van der Waals surface area (Å²) in [7, 11) is 0. The van der Waals surface area contributed by atoms with E-state index < -0.39 is 17.5 Å². The van der Waals surface area contributed by atoms with Gasteiger partial charge < -0.3 is 10.2 Å². The van der Waals surface area contributed by atoms with Crippen LogP contribution in [0.4, 0.5) is 0 Å². The molecule has 0 amide bonds. The Morgan fingerprint density at radius 1 is 1.22 bits per heavy atom. The molecule has 2 N–H and O–H groups in total. The molecule has 0 saturated heterocycles. The molecule has 3 atom stereocenters. The van der Waals surface area contributed by atoms with Gasteiger partial charge in [-0.1, -0.05) is 46.0 Å². The van der Waals surface area contributed by atoms with Crippen molar-refractivity contribution >= 4 is 5.97 Å². The monoisotopic (exact) mass is 256 g/mol. The molecule has 1 rings (SSSR count). The summed E-state index contributed by atoms with van der Waals surface area (Å²) in [6.45, 7) is 4.05. The van der Waals surface area contributed by atoms with Gasteiger partial charge in [0.25, 0.3) is 0 Å². The van der Waals surface area contributed by atoms with Gasteiger partial charge in [0.1, 0.15) is 0 Å². The first-order valence-corrected chi connectivity index (χ1v) is 7.50. The summed E-state index contributed by atoms with van der Waals surface area (Å²) < 4.78 is 0. The van der Waals surface area contributed by atoms with Crippen molar-refractivity contribution in [3.8, 4) is 0 Å². The smallest absolute Gasteiger partial charge is 0.310 e. The Morgan fingerprint density at radius 2 is 1.89 bits per heavy atom. The van der Waals surface area contributed by atoms with Gasteiger partial charge >= 0.3 is 5.97 Å². The summed E-state index contributed by atoms with van der Waals surface area (Å²) >= 11 is 0. The average Bonchev–Trinajstić information content (AvgIpc) is 2.56. The maximum absolute atomic E-state index is 11.8. The Balaban J connectivity index is 2.94. The highest BCUT2D eigenvalue weighted by molar-refractivity contribution is 5.75. The minimum Gasteiger partial charge on any atom is -0.481 e. The lowest BCUT2D eigenvalue weighted by Crippen LogP contribution is -2.43. The first-order chi connectivity index (χ1) is 8.58. The molecule has 3 unspecified atom stereocenters. The number of aliphatic hydroxyl groups is 1. The maximum atomic E-state index is 11.8. The molecular weight excluding hydrogens is 228 g/mol. The fourth-order valence-corrected chi connectivity index (χ4v) is 3.47. The number of hydrogen-bond acceptors (Lipinski definition) is 2. The van der Waals surface area contributed by atoms with Crippen molar-refractivity contribution in [3.05, 3.63) is 0 Å². The van der Waals surface area contributed by atoms with E-state index >= 15 is 0 Å². The molecule has 0 bridgehead atoms. The minimum absolute atomic E-state index is 0.0611. The van der Waals surface area contributed by atoms with Gasteiger partial charge in [0, 0.05) is 5.92 Å². The molecule has 3 heteroatoms. The van der Waals surface area contributed by atoms with Crippen LogP contribution in [0.2, 0.25) is 0 Å². The number of rotatable bonds is 6. The highest BCUT2D eigenvalue weighted by Gasteiger charge is 2.46. The number of carboxylic acids is 1. The van der Waals surface area contributed by atoms with Gasteiger partial charge in [0.05, 0.1) is 11.5 Å². The van der Waals surface area contributed by atoms with Crippen LogP contribution in [0.25, 0.3) is 0 Å². The number of carboxylic acid groups (broad SMARTS) is 1. The van der Waals surface area contributed by atoms with E-state index in [4.69, 9.17) is 0 Å². The second-order valence-corrected chi connectivity index (χ2v) is 5.73. The van der Waals surface area contributed by atoms with Gasteiger partial charge in [-0.15, -0.1) is 0 Å². The summed E-state index contributed by atoms with van der Waals surface area (Å²) in [5, 5.41) is 20.0. The first kappa shape index (κ1) is 15.5. The zero-order valence-corrected chi connectivity index (χ0v) is 11.8. The average molecular weight is 256 g/mol. The summed E-state index contributed by atoms with van der Waals surface area (Å²) in [6.07, 6.45) is 7.70. The molecule has 1 fully saturated rings. The second kappa shape index (κ2) is 7.13. The highest BCUT2D eigenvalue weighted by atomic mass is 16.4. The van der Waals surface area contributed by atoms with Crippen molar-refractivity contribution in [3.63, 3.8) is 0 Å². The van der Waals surface area contributed by atoms with E-state index in [0.717, 1.165) is 44.9 Å². The standard InChI is InChI=1S/C15H28O3/c1-3-5-11-15(4-2,14(17)18)12-9-7-6-8-10-13(12)16/h12-13,16H,3-11H2,1-2H3,(H,17,18). The van der Waals surface area contributed by atoms with Crippen molar-refractivity contribution in [2.24, 2.45) is 11.3 Å². The van der Waals surface area contributed by atoms with Crippen molar-refractivity contribution in [1.82, 2.24) is 0 Å². The lowest BCUT2D eigenvalue weighted by molar-refractivity contribution is -0.158. The lowest BCUT2D eigenvalue weighted by Gasteiger charge is -2.38. The molecule has 0 aliphatic heterocycles. The van der Waals surface area contributed by atoms with E-state index in [-0.39, 0.29) is 5.92 Å². The molecule has 1 aliphatic carbocycles. The number of aliphatic carboxylic acids is 1. The lowest BCUT2D eigenvalue weighted by atomic mass is 9.66. The fourth-order valence-electron chi connectivity index (χ4n) is 3.47. The Hall–Kier alpha value is -0.570. The molecule has 1 saturated carbocycles. The third-order valence-electron chi connectivity index (χ3n) is 4.72. The summed E-state index contributed by atoms with van der Waals surface area (Å²) in [4.78, 5) is 11.8. The normalized spacial score (nSPS) is 28.4. The van der Waals surface area contributed by atoms with Gasteiger partial charge in [0.2, 0.25) is 0 Å². The van der Waals surface area contributed by atoms with Crippen LogP contribution in [0.5, 0.6) is 0 Å². The van der Waals surface area contributed by atoms with Gasteiger partial charge in [-0.25, -0.2) is 0 Å². The number of aliphatic hydroxyl groups excluding tert-OH is 1. The van der Waals surface area contributed by atoms with Crippen LogP contribution in [0, 0.1) is 11.3 Å². The molecule has 0 heterocycles. The van der Waals surface area contributed by atoms with Crippen molar-refractivity contribution in [2.45, 2.75) is 77.7 Å². The largest absolute Gasteiger partial charge is 0.481 e. The summed E-state index contributed by atoms with van der Waals surface area (Å²) in [5.41, 5.74) is -0.709. The molecule has 0 spiro atoms. The summed E-state index contributed by atoms with van der Waals surface area (Å²) in [5.74, 6) is -0.765. The topological polar surface area (TPSA) is 57.5 Å². The molecule has 106 valence electrons. The minimum atomic E-state index is -0.709. The third-order valence-corrected chi connectivity index (χ3v) is 4.72. The summed E-state index contributed by atoms with van der Waals surface area (Å²) in [6, 6.07) is 0. The van der Waals surface area contributed by atoms with Crippen LogP contribution in [-0.2, 0) is 4.79 Å². The van der Waals surface area contributed by atoms with Crippen LogP contribution < -0.4 is 0 Å². The molecule has 18 heavy (non-hydrogen) atoms. The SMILES string of the molecule is CCCCC(CC)(C(=O)O)C1CCCCCC1O. The molecule has 0 radical (unpaired) electrons. The Morgan fingerprint density at radius 3 is 2.44 bits per heavy atom. The number of unbranched alkanes of at least 4 members (excludes halogenated alkanes) is 1. The van der Waals surface area contributed by atoms with Gasteiger partial charge in [-0.2, -0.15) is 0 Å². The fraction of sp³-hybridized carbons (Fsp3) is 0.933. The van der Waals surface area contributed by atoms with Crippen molar-refractivity contribution in [2.75, 3.05) is 0 Å². The zero-order valence-electron chi connectivity index (χ0n) is 11.8. The van der Waals surface area contributed by atoms with Crippen LogP contribution in [0.3, 0.4) is 0 Å². The van der Waals surface area contributed by atoms with Gasteiger partial charge in [0.15, 0.2) is 0 Å². The van der Waals surface area contributed by atoms with Crippen molar-refractivity contribution < 1.29 is 15.0 Å². The quantitative estimate of drug-likeness (QED) is 0.714. The van der Waals surface area contributed by atoms with Crippen LogP contribution in [0.1, 0.15) is 71.6 Å². The van der Waals surface area contributed by atoms with Gasteiger partial charge in [-0.05, 0) is 25.7 Å². The second-order valence-electron chi connectivity index (χ2n) is 5.73. The van der Waals surface area contributed by atoms with E-state index in [1.165, 1.54) is 0 Å². The number of hydrogen-bond donors (Lipinski definition) is 2. The Bertz CT molecular complexity index is 264. The van der Waals surface area contributed by atoms with Crippen LogP contribution in [0.15, 0.2) is 0 Å². The predicted molar refractivity (Wildman–Crippen MR) is 72.5 cm³/mol. The maximum Gasteiger partial charge on any atom is 0.310 e. The van der Waals surface area contributed by atoms with Crippen LogP contribution in [-0.4, -0.2) is 22.3 Å².